The maximum Gasteiger partial charge on any atom is 0.182 e. The highest BCUT2D eigenvalue weighted by atomic mass is 28.4. The van der Waals surface area contributed by atoms with E-state index < -0.39 is 27.8 Å². The van der Waals surface area contributed by atoms with E-state index in [-0.39, 0.29) is 10.1 Å². The van der Waals surface area contributed by atoms with Gasteiger partial charge >= 0.3 is 0 Å². The fraction of sp³-hybridized carbons (Fsp3) is 0.714. The van der Waals surface area contributed by atoms with Crippen molar-refractivity contribution in [3.63, 3.8) is 0 Å². The van der Waals surface area contributed by atoms with Gasteiger partial charge in [-0.3, -0.25) is 0 Å². The molecule has 2 aliphatic rings. The van der Waals surface area contributed by atoms with E-state index in [9.17, 15) is 10.2 Å². The van der Waals surface area contributed by atoms with Crippen molar-refractivity contribution in [1.82, 2.24) is 0 Å². The number of hydrogen-bond donors (Lipinski definition) is 2. The van der Waals surface area contributed by atoms with Crippen molar-refractivity contribution in [3.8, 4) is 0 Å². The van der Waals surface area contributed by atoms with E-state index in [0.29, 0.717) is 24.7 Å². The summed E-state index contributed by atoms with van der Waals surface area (Å²) >= 11 is 0. The third-order valence-corrected chi connectivity index (χ3v) is 21.1. The maximum atomic E-state index is 10.9. The van der Waals surface area contributed by atoms with Gasteiger partial charge in [0.2, 0.25) is 0 Å². The number of hydrogen-bond acceptors (Lipinski definition) is 3. The van der Waals surface area contributed by atoms with Crippen molar-refractivity contribution < 1.29 is 14.3 Å². The Morgan fingerprint density at radius 1 is 0.818 bits per heavy atom. The predicted octanol–water partition coefficient (Wildman–Crippen LogP) is 7.52. The molecule has 5 heteroatoms. The monoisotopic (exact) mass is 490 g/mol. The van der Waals surface area contributed by atoms with Crippen molar-refractivity contribution in [2.45, 2.75) is 114 Å². The molecule has 2 N–H and O–H groups in total. The lowest BCUT2D eigenvalue weighted by Gasteiger charge is -2.52. The van der Waals surface area contributed by atoms with Crippen LogP contribution in [0.25, 0.3) is 0 Å². The minimum absolute atomic E-state index is 0.0780. The van der Waals surface area contributed by atoms with E-state index in [0.717, 1.165) is 24.9 Å². The zero-order chi connectivity index (χ0) is 25.3. The van der Waals surface area contributed by atoms with Gasteiger partial charge in [0.15, 0.2) is 16.6 Å². The van der Waals surface area contributed by atoms with Gasteiger partial charge in [-0.05, 0) is 72.8 Å². The van der Waals surface area contributed by atoms with Crippen LogP contribution in [0.3, 0.4) is 0 Å². The maximum absolute atomic E-state index is 10.9. The van der Waals surface area contributed by atoms with Crippen LogP contribution in [-0.2, 0) is 4.12 Å². The zero-order valence-corrected chi connectivity index (χ0v) is 24.6. The second-order valence-corrected chi connectivity index (χ2v) is 22.9. The summed E-state index contributed by atoms with van der Waals surface area (Å²) in [4.78, 5) is 0. The minimum Gasteiger partial charge on any atom is -0.454 e. The Bertz CT molecular complexity index is 713. The number of allylic oxidation sites excluding steroid dienone is 2. The summed E-state index contributed by atoms with van der Waals surface area (Å²) in [5.74, 6) is 0.682. The molecule has 2 rings (SSSR count). The Kier molecular flexibility index (Phi) is 8.41. The molecular formula is C28H50O3Si2. The average Bonchev–Trinajstić information content (AvgIpc) is 3.16. The molecule has 3 nitrogen and oxygen atoms in total. The molecule has 2 aliphatic carbocycles. The highest BCUT2D eigenvalue weighted by molar-refractivity contribution is 6.88. The Labute approximate surface area is 206 Å². The highest BCUT2D eigenvalue weighted by Gasteiger charge is 2.54. The third kappa shape index (κ3) is 6.69. The summed E-state index contributed by atoms with van der Waals surface area (Å²) in [7, 11) is -4.40. The van der Waals surface area contributed by atoms with E-state index in [1.54, 1.807) is 0 Å². The molecule has 0 heterocycles. The van der Waals surface area contributed by atoms with Crippen LogP contribution in [0.5, 0.6) is 0 Å². The highest BCUT2D eigenvalue weighted by Crippen LogP contribution is 2.52. The molecule has 0 aromatic heterocycles. The summed E-state index contributed by atoms with van der Waals surface area (Å²) in [5.41, 5.74) is -1.51. The molecule has 0 radical (unpaired) electrons. The van der Waals surface area contributed by atoms with Crippen molar-refractivity contribution in [2.24, 2.45) is 11.8 Å². The van der Waals surface area contributed by atoms with Crippen LogP contribution in [0.4, 0.5) is 0 Å². The van der Waals surface area contributed by atoms with E-state index >= 15 is 0 Å². The van der Waals surface area contributed by atoms with Gasteiger partial charge in [-0.2, -0.15) is 0 Å². The molecule has 0 aliphatic heterocycles. The van der Waals surface area contributed by atoms with Crippen LogP contribution in [0.2, 0.25) is 35.3 Å². The summed E-state index contributed by atoms with van der Waals surface area (Å²) in [6, 6.07) is 2.04. The molecule has 0 amide bonds. The Balaban J connectivity index is 2.28. The fourth-order valence-corrected chi connectivity index (χ4v) is 16.3. The first-order chi connectivity index (χ1) is 14.9. The molecule has 0 spiro atoms. The van der Waals surface area contributed by atoms with Crippen molar-refractivity contribution in [3.05, 3.63) is 49.6 Å². The minimum atomic E-state index is -2.20. The van der Waals surface area contributed by atoms with Gasteiger partial charge in [0.25, 0.3) is 0 Å². The lowest BCUT2D eigenvalue weighted by molar-refractivity contribution is 0.0855. The number of rotatable bonds is 10. The first-order valence-corrected chi connectivity index (χ1v) is 17.9. The Hall–Kier alpha value is -0.726. The van der Waals surface area contributed by atoms with Crippen molar-refractivity contribution in [1.29, 1.82) is 0 Å². The standard InChI is InChI=1S/C28H50O3Si2/c1-11-15-27(29)17-13-23(19-27)21-32(9,25(3,4)5)31-33(10,26(6,7)8)22-24-14-18-28(30,20-24)16-12-2/h11-14,17-18,23-24,29-30H,1-2,15-16,19-22H2,3-10H3. The van der Waals surface area contributed by atoms with E-state index in [1.807, 2.05) is 24.3 Å². The van der Waals surface area contributed by atoms with Gasteiger partial charge < -0.3 is 14.3 Å². The van der Waals surface area contributed by atoms with Crippen LogP contribution in [0, 0.1) is 11.8 Å². The topological polar surface area (TPSA) is 49.7 Å². The Morgan fingerprint density at radius 3 is 1.42 bits per heavy atom. The second kappa shape index (κ2) is 9.73. The SMILES string of the molecule is C=CCC1(O)C=CC(C[Si](C)(O[Si](C)(CC2C=CC(O)(CC=C)C2)C(C)(C)C)C(C)(C)C)C1. The van der Waals surface area contributed by atoms with E-state index in [4.69, 9.17) is 4.12 Å². The molecule has 0 aromatic rings. The van der Waals surface area contributed by atoms with Gasteiger partial charge in [0.1, 0.15) is 0 Å². The summed E-state index contributed by atoms with van der Waals surface area (Å²) in [6.07, 6.45) is 14.8. The molecular weight excluding hydrogens is 440 g/mol. The molecule has 33 heavy (non-hydrogen) atoms. The first kappa shape index (κ1) is 28.5. The lowest BCUT2D eigenvalue weighted by atomic mass is 9.96. The molecule has 0 fully saturated rings. The molecule has 188 valence electrons. The number of aliphatic hydroxyl groups is 2. The van der Waals surface area contributed by atoms with Gasteiger partial charge in [0.05, 0.1) is 11.2 Å². The normalized spacial score (nSPS) is 33.6. The van der Waals surface area contributed by atoms with Gasteiger partial charge in [-0.15, -0.1) is 13.2 Å². The molecule has 6 atom stereocenters. The van der Waals surface area contributed by atoms with E-state index in [2.05, 4.69) is 79.9 Å². The van der Waals surface area contributed by atoms with Crippen LogP contribution in [0.1, 0.15) is 67.2 Å². The third-order valence-electron chi connectivity index (χ3n) is 8.51. The smallest absolute Gasteiger partial charge is 0.182 e. The van der Waals surface area contributed by atoms with Crippen LogP contribution in [0.15, 0.2) is 49.6 Å². The van der Waals surface area contributed by atoms with Crippen LogP contribution in [-0.4, -0.2) is 38.0 Å². The van der Waals surface area contributed by atoms with Gasteiger partial charge in [-0.1, -0.05) is 78.0 Å². The molecule has 6 unspecified atom stereocenters. The van der Waals surface area contributed by atoms with Gasteiger partial charge in [-0.25, -0.2) is 0 Å². The van der Waals surface area contributed by atoms with Crippen molar-refractivity contribution in [2.75, 3.05) is 0 Å². The lowest BCUT2D eigenvalue weighted by Crippen LogP contribution is -2.58. The largest absolute Gasteiger partial charge is 0.454 e. The molecule has 0 bridgehead atoms. The first-order valence-electron chi connectivity index (χ1n) is 12.7. The summed E-state index contributed by atoms with van der Waals surface area (Å²) < 4.78 is 7.54. The summed E-state index contributed by atoms with van der Waals surface area (Å²) in [5, 5.41) is 21.9. The van der Waals surface area contributed by atoms with Crippen molar-refractivity contribution >= 4 is 16.6 Å². The quantitative estimate of drug-likeness (QED) is 0.246. The zero-order valence-electron chi connectivity index (χ0n) is 22.6. The Morgan fingerprint density at radius 2 is 1.15 bits per heavy atom. The van der Waals surface area contributed by atoms with Gasteiger partial charge in [0, 0.05) is 0 Å². The second-order valence-electron chi connectivity index (χ2n) is 13.3. The molecule has 0 aromatic carbocycles. The van der Waals surface area contributed by atoms with Crippen LogP contribution >= 0.6 is 0 Å². The van der Waals surface area contributed by atoms with E-state index in [1.165, 1.54) is 0 Å². The van der Waals surface area contributed by atoms with Crippen LogP contribution < -0.4 is 0 Å². The molecule has 0 saturated carbocycles. The molecule has 0 saturated heterocycles. The summed E-state index contributed by atoms with van der Waals surface area (Å²) in [6.45, 7) is 26.5. The predicted molar refractivity (Wildman–Crippen MR) is 147 cm³/mol. The average molecular weight is 491 g/mol. The fourth-order valence-electron chi connectivity index (χ4n) is 5.39.